The zero-order valence-electron chi connectivity index (χ0n) is 14.1. The van der Waals surface area contributed by atoms with Gasteiger partial charge in [-0.1, -0.05) is 24.3 Å². The Labute approximate surface area is 143 Å². The molecule has 1 rings (SSSR count). The van der Waals surface area contributed by atoms with Gasteiger partial charge >= 0.3 is 0 Å². The molecule has 0 aromatic heterocycles. The van der Waals surface area contributed by atoms with Gasteiger partial charge in [0, 0.05) is 44.0 Å². The van der Waals surface area contributed by atoms with E-state index in [1.807, 2.05) is 37.1 Å². The number of carbonyl (C=O) groups excluding carboxylic acids is 1. The Hall–Kier alpha value is -3.02. The van der Waals surface area contributed by atoms with E-state index in [0.717, 1.165) is 23.4 Å². The summed E-state index contributed by atoms with van der Waals surface area (Å²) >= 11 is 0. The number of likely N-dealkylation sites (N-methyl/N-ethyl adjacent to an activating group) is 1. The molecule has 1 aromatic carbocycles. The van der Waals surface area contributed by atoms with E-state index in [2.05, 4.69) is 33.8 Å². The summed E-state index contributed by atoms with van der Waals surface area (Å²) in [5.74, 6) is 0.731. The van der Waals surface area contributed by atoms with Gasteiger partial charge in [-0.2, -0.15) is 5.10 Å². The first-order valence-corrected chi connectivity index (χ1v) is 7.43. The van der Waals surface area contributed by atoms with E-state index in [9.17, 15) is 4.79 Å². The van der Waals surface area contributed by atoms with Crippen LogP contribution in [0.3, 0.4) is 0 Å². The van der Waals surface area contributed by atoms with Crippen LogP contribution in [0.5, 0.6) is 0 Å². The molecule has 0 heterocycles. The molecule has 24 heavy (non-hydrogen) atoms. The quantitative estimate of drug-likeness (QED) is 0.328. The minimum absolute atomic E-state index is 0.464. The third-order valence-corrected chi connectivity index (χ3v) is 3.14. The van der Waals surface area contributed by atoms with E-state index in [-0.39, 0.29) is 0 Å². The predicted molar refractivity (Wildman–Crippen MR) is 102 cm³/mol. The zero-order chi connectivity index (χ0) is 17.8. The molecule has 0 aliphatic heterocycles. The summed E-state index contributed by atoms with van der Waals surface area (Å²) in [6.07, 6.45) is 5.91. The van der Waals surface area contributed by atoms with Crippen LogP contribution in [0.15, 0.2) is 63.9 Å². The molecule has 0 fully saturated rings. The van der Waals surface area contributed by atoms with E-state index < -0.39 is 0 Å². The highest BCUT2D eigenvalue weighted by atomic mass is 16.1. The summed E-state index contributed by atoms with van der Waals surface area (Å²) in [5.41, 5.74) is 2.58. The van der Waals surface area contributed by atoms with E-state index in [4.69, 9.17) is 0 Å². The highest BCUT2D eigenvalue weighted by Gasteiger charge is 2.07. The van der Waals surface area contributed by atoms with Crippen molar-refractivity contribution in [1.82, 2.24) is 4.90 Å². The third-order valence-electron chi connectivity index (χ3n) is 3.14. The van der Waals surface area contributed by atoms with Gasteiger partial charge in [0.2, 0.25) is 0 Å². The summed E-state index contributed by atoms with van der Waals surface area (Å²) in [6.45, 7) is 10.1. The molecule has 126 valence electrons. The number of carbonyl (C=O) groups is 1. The van der Waals surface area contributed by atoms with Gasteiger partial charge in [-0.3, -0.25) is 9.79 Å². The van der Waals surface area contributed by atoms with Crippen LogP contribution in [-0.4, -0.2) is 50.1 Å². The second kappa shape index (κ2) is 10.7. The molecular weight excluding hydrogens is 302 g/mol. The van der Waals surface area contributed by atoms with Crippen LogP contribution in [0.25, 0.3) is 0 Å². The van der Waals surface area contributed by atoms with E-state index in [0.29, 0.717) is 18.7 Å². The number of aliphatic imine (C=N–C) groups is 1. The predicted octanol–water partition coefficient (Wildman–Crippen LogP) is 3.02. The molecule has 0 radical (unpaired) electrons. The smallest absolute Gasteiger partial charge is 0.150 e. The number of allylic oxidation sites excluding steroid dienone is 1. The first-order chi connectivity index (χ1) is 11.6. The molecule has 1 aromatic rings. The van der Waals surface area contributed by atoms with Crippen molar-refractivity contribution >= 4 is 30.7 Å². The Morgan fingerprint density at radius 3 is 2.88 bits per heavy atom. The lowest BCUT2D eigenvalue weighted by atomic mass is 10.2. The fourth-order valence-corrected chi connectivity index (χ4v) is 1.98. The topological polar surface area (TPSA) is 69.4 Å². The second-order valence-corrected chi connectivity index (χ2v) is 5.10. The SMILES string of the molecule is C=CN=C/C=C(\C)CN(C)/C(CNc1cccc(C=O)c1)=N\N=C. The van der Waals surface area contributed by atoms with E-state index >= 15 is 0 Å². The van der Waals surface area contributed by atoms with Crippen LogP contribution in [0.2, 0.25) is 0 Å². The largest absolute Gasteiger partial charge is 0.378 e. The maximum atomic E-state index is 10.8. The molecule has 6 heteroatoms. The van der Waals surface area contributed by atoms with Crippen LogP contribution in [0, 0.1) is 0 Å². The summed E-state index contributed by atoms with van der Waals surface area (Å²) in [6, 6.07) is 7.25. The van der Waals surface area contributed by atoms with Gasteiger partial charge in [0.25, 0.3) is 0 Å². The van der Waals surface area contributed by atoms with Crippen LogP contribution < -0.4 is 5.32 Å². The standard InChI is InChI=1S/C18H23N5O/c1-5-20-10-9-15(2)13-23(4)18(22-19-3)12-21-17-8-6-7-16(11-17)14-24/h5-11,14,21H,1,3,12-13H2,2,4H3/b15-9+,20-10?,22-18-. The molecular formula is C18H23N5O. The number of nitrogens with one attached hydrogen (secondary N) is 1. The number of amidine groups is 1. The number of hydrogen-bond acceptors (Lipinski definition) is 5. The molecule has 0 bridgehead atoms. The second-order valence-electron chi connectivity index (χ2n) is 5.10. The van der Waals surface area contributed by atoms with Crippen molar-refractivity contribution in [3.05, 3.63) is 54.3 Å². The number of anilines is 1. The Morgan fingerprint density at radius 1 is 1.42 bits per heavy atom. The third kappa shape index (κ3) is 6.83. The maximum Gasteiger partial charge on any atom is 0.150 e. The van der Waals surface area contributed by atoms with Crippen molar-refractivity contribution in [3.8, 4) is 0 Å². The van der Waals surface area contributed by atoms with Crippen molar-refractivity contribution in [2.45, 2.75) is 6.92 Å². The van der Waals surface area contributed by atoms with Crippen LogP contribution in [0.1, 0.15) is 17.3 Å². The van der Waals surface area contributed by atoms with E-state index in [1.165, 1.54) is 6.20 Å². The lowest BCUT2D eigenvalue weighted by Crippen LogP contribution is -2.33. The fraction of sp³-hybridized carbons (Fsp3) is 0.222. The average Bonchev–Trinajstić information content (AvgIpc) is 2.58. The molecule has 0 atom stereocenters. The number of aldehydes is 1. The van der Waals surface area contributed by atoms with Crippen LogP contribution in [0.4, 0.5) is 5.69 Å². The first kappa shape index (κ1) is 19.0. The van der Waals surface area contributed by atoms with Gasteiger partial charge in [-0.15, -0.1) is 5.10 Å². The summed E-state index contributed by atoms with van der Waals surface area (Å²) in [4.78, 5) is 16.7. The molecule has 0 spiro atoms. The van der Waals surface area contributed by atoms with Crippen LogP contribution >= 0.6 is 0 Å². The normalized spacial score (nSPS) is 12.1. The van der Waals surface area contributed by atoms with Crippen molar-refractivity contribution in [2.24, 2.45) is 15.2 Å². The van der Waals surface area contributed by atoms with Crippen molar-refractivity contribution in [2.75, 3.05) is 25.5 Å². The van der Waals surface area contributed by atoms with Crippen molar-refractivity contribution < 1.29 is 4.79 Å². The van der Waals surface area contributed by atoms with Gasteiger partial charge in [-0.05, 0) is 25.1 Å². The molecule has 0 aliphatic rings. The van der Waals surface area contributed by atoms with Gasteiger partial charge in [-0.25, -0.2) is 0 Å². The minimum Gasteiger partial charge on any atom is -0.378 e. The Bertz CT molecular complexity index is 661. The molecule has 0 amide bonds. The van der Waals surface area contributed by atoms with Crippen molar-refractivity contribution in [1.29, 1.82) is 0 Å². The Morgan fingerprint density at radius 2 is 2.21 bits per heavy atom. The Balaban J connectivity index is 2.72. The molecule has 0 saturated carbocycles. The average molecular weight is 325 g/mol. The van der Waals surface area contributed by atoms with Gasteiger partial charge < -0.3 is 10.2 Å². The number of hydrogen-bond donors (Lipinski definition) is 1. The molecule has 0 aliphatic carbocycles. The number of nitrogens with zero attached hydrogens (tertiary/aromatic N) is 4. The highest BCUT2D eigenvalue weighted by molar-refractivity contribution is 5.87. The molecule has 0 unspecified atom stereocenters. The molecule has 0 saturated heterocycles. The van der Waals surface area contributed by atoms with Gasteiger partial charge in [0.15, 0.2) is 0 Å². The maximum absolute atomic E-state index is 10.8. The summed E-state index contributed by atoms with van der Waals surface area (Å²) in [7, 11) is 1.93. The molecule has 1 N–H and O–H groups in total. The fourth-order valence-electron chi connectivity index (χ4n) is 1.98. The van der Waals surface area contributed by atoms with Gasteiger partial charge in [0.1, 0.15) is 12.1 Å². The molecule has 6 nitrogen and oxygen atoms in total. The summed E-state index contributed by atoms with van der Waals surface area (Å²) < 4.78 is 0. The van der Waals surface area contributed by atoms with E-state index in [1.54, 1.807) is 18.3 Å². The minimum atomic E-state index is 0.464. The van der Waals surface area contributed by atoms with Crippen LogP contribution in [-0.2, 0) is 0 Å². The van der Waals surface area contributed by atoms with Gasteiger partial charge in [0.05, 0.1) is 6.54 Å². The Kier molecular flexibility index (Phi) is 8.45. The number of benzene rings is 1. The lowest BCUT2D eigenvalue weighted by molar-refractivity contribution is 0.112. The summed E-state index contributed by atoms with van der Waals surface area (Å²) in [5, 5.41) is 10.9. The number of rotatable bonds is 9. The van der Waals surface area contributed by atoms with Crippen molar-refractivity contribution in [3.63, 3.8) is 0 Å². The highest BCUT2D eigenvalue weighted by Crippen LogP contribution is 2.09. The first-order valence-electron chi connectivity index (χ1n) is 7.43. The monoisotopic (exact) mass is 325 g/mol. The zero-order valence-corrected chi connectivity index (χ0v) is 14.1. The lowest BCUT2D eigenvalue weighted by Gasteiger charge is -2.21.